The smallest absolute Gasteiger partial charge is 0.407 e. The van der Waals surface area contributed by atoms with Crippen molar-refractivity contribution < 1.29 is 24.2 Å². The largest absolute Gasteiger partial charge is 0.480 e. The van der Waals surface area contributed by atoms with Crippen molar-refractivity contribution in [3.63, 3.8) is 0 Å². The minimum absolute atomic E-state index is 0.0461. The molecule has 0 saturated carbocycles. The van der Waals surface area contributed by atoms with Gasteiger partial charge in [0.05, 0.1) is 6.54 Å². The third-order valence-corrected chi connectivity index (χ3v) is 5.74. The van der Waals surface area contributed by atoms with Crippen LogP contribution in [0.4, 0.5) is 4.79 Å². The first-order valence-corrected chi connectivity index (χ1v) is 11.2. The van der Waals surface area contributed by atoms with Gasteiger partial charge in [0.15, 0.2) is 0 Å². The van der Waals surface area contributed by atoms with Crippen LogP contribution in [-0.4, -0.2) is 54.2 Å². The lowest BCUT2D eigenvalue weighted by Crippen LogP contribution is -2.44. The average Bonchev–Trinajstić information content (AvgIpc) is 3.11. The van der Waals surface area contributed by atoms with Crippen molar-refractivity contribution >= 4 is 18.0 Å². The van der Waals surface area contributed by atoms with E-state index in [2.05, 4.69) is 29.3 Å². The van der Waals surface area contributed by atoms with Gasteiger partial charge in [0.2, 0.25) is 0 Å². The molecule has 2 aromatic carbocycles. The normalized spacial score (nSPS) is 13.1. The van der Waals surface area contributed by atoms with E-state index in [0.717, 1.165) is 27.2 Å². The number of alkyl carbamates (subject to hydrolysis) is 1. The molecular formula is C27H30N2O5. The summed E-state index contributed by atoms with van der Waals surface area (Å²) in [6, 6.07) is 15.2. The standard InChI is InChI=1S/C27H30N2O5/c1-27(2,3)16-23(25(31)32)29(4)24(30)14-9-15-28-26(33)34-17-22-20-12-7-5-10-18(20)19-11-6-8-13-21(19)22/h5-8,10-13,22-23H,15-17H2,1-4H3,(H,28,33)(H,31,32). The highest BCUT2D eigenvalue weighted by atomic mass is 16.5. The number of carboxylic acids is 1. The fourth-order valence-electron chi connectivity index (χ4n) is 4.09. The molecule has 2 amide bonds. The van der Waals surface area contributed by atoms with Gasteiger partial charge in [0.1, 0.15) is 12.6 Å². The molecule has 34 heavy (non-hydrogen) atoms. The van der Waals surface area contributed by atoms with Crippen LogP contribution in [0.25, 0.3) is 11.1 Å². The van der Waals surface area contributed by atoms with E-state index in [1.807, 2.05) is 57.2 Å². The van der Waals surface area contributed by atoms with Crippen molar-refractivity contribution in [2.75, 3.05) is 20.2 Å². The molecule has 0 aliphatic heterocycles. The number of carboxylic acid groups (broad SMARTS) is 1. The predicted octanol–water partition coefficient (Wildman–Crippen LogP) is 3.88. The fourth-order valence-corrected chi connectivity index (χ4v) is 4.09. The number of amides is 2. The molecule has 1 atom stereocenters. The SMILES string of the molecule is CN(C(=O)C#CCNC(=O)OCC1c2ccccc2-c2ccccc21)C(CC(C)(C)C)C(=O)O. The van der Waals surface area contributed by atoms with Crippen molar-refractivity contribution in [3.05, 3.63) is 59.7 Å². The molecule has 0 saturated heterocycles. The van der Waals surface area contributed by atoms with Gasteiger partial charge in [-0.05, 0) is 40.0 Å². The molecule has 7 nitrogen and oxygen atoms in total. The number of nitrogens with zero attached hydrogens (tertiary/aromatic N) is 1. The summed E-state index contributed by atoms with van der Waals surface area (Å²) in [7, 11) is 1.42. The number of aliphatic carboxylic acids is 1. The molecule has 0 spiro atoms. The lowest BCUT2D eigenvalue weighted by molar-refractivity contribution is -0.148. The van der Waals surface area contributed by atoms with Crippen molar-refractivity contribution in [2.24, 2.45) is 5.41 Å². The number of carbonyl (C=O) groups is 3. The third-order valence-electron chi connectivity index (χ3n) is 5.74. The van der Waals surface area contributed by atoms with Gasteiger partial charge in [0, 0.05) is 13.0 Å². The monoisotopic (exact) mass is 462 g/mol. The number of likely N-dealkylation sites (N-methyl/N-ethyl adjacent to an activating group) is 1. The molecule has 0 heterocycles. The van der Waals surface area contributed by atoms with Crippen LogP contribution in [-0.2, 0) is 14.3 Å². The van der Waals surface area contributed by atoms with E-state index < -0.39 is 24.0 Å². The number of ether oxygens (including phenoxy) is 1. The zero-order chi connectivity index (χ0) is 24.9. The Morgan fingerprint density at radius 2 is 1.62 bits per heavy atom. The van der Waals surface area contributed by atoms with E-state index in [4.69, 9.17) is 4.74 Å². The summed E-state index contributed by atoms with van der Waals surface area (Å²) in [6.45, 7) is 5.82. The maximum atomic E-state index is 12.3. The van der Waals surface area contributed by atoms with Crippen LogP contribution >= 0.6 is 0 Å². The maximum Gasteiger partial charge on any atom is 0.407 e. The molecule has 1 unspecified atom stereocenters. The fraction of sp³-hybridized carbons (Fsp3) is 0.370. The van der Waals surface area contributed by atoms with Crippen LogP contribution in [0.1, 0.15) is 44.2 Å². The van der Waals surface area contributed by atoms with E-state index in [9.17, 15) is 19.5 Å². The van der Waals surface area contributed by atoms with Gasteiger partial charge >= 0.3 is 12.1 Å². The summed E-state index contributed by atoms with van der Waals surface area (Å²) < 4.78 is 5.43. The highest BCUT2D eigenvalue weighted by molar-refractivity contribution is 5.96. The number of benzene rings is 2. The van der Waals surface area contributed by atoms with Crippen LogP contribution in [0, 0.1) is 17.3 Å². The Bertz CT molecular complexity index is 1090. The number of hydrogen-bond donors (Lipinski definition) is 2. The maximum absolute atomic E-state index is 12.3. The second-order valence-corrected chi connectivity index (χ2v) is 9.52. The summed E-state index contributed by atoms with van der Waals surface area (Å²) >= 11 is 0. The highest BCUT2D eigenvalue weighted by Gasteiger charge is 2.31. The van der Waals surface area contributed by atoms with Gasteiger partial charge < -0.3 is 20.1 Å². The van der Waals surface area contributed by atoms with Crippen molar-refractivity contribution in [2.45, 2.75) is 39.2 Å². The minimum atomic E-state index is -1.08. The second-order valence-electron chi connectivity index (χ2n) is 9.52. The van der Waals surface area contributed by atoms with Crippen LogP contribution < -0.4 is 5.32 Å². The van der Waals surface area contributed by atoms with Gasteiger partial charge in [-0.3, -0.25) is 4.79 Å². The summed E-state index contributed by atoms with van der Waals surface area (Å²) in [5.41, 5.74) is 4.26. The van der Waals surface area contributed by atoms with Gasteiger partial charge in [-0.15, -0.1) is 0 Å². The lowest BCUT2D eigenvalue weighted by Gasteiger charge is -2.29. The Hall–Kier alpha value is -3.79. The van der Waals surface area contributed by atoms with Crippen LogP contribution in [0.2, 0.25) is 0 Å². The average molecular weight is 463 g/mol. The van der Waals surface area contributed by atoms with Gasteiger partial charge in [-0.25, -0.2) is 9.59 Å². The number of hydrogen-bond acceptors (Lipinski definition) is 4. The number of carbonyl (C=O) groups excluding carboxylic acids is 2. The molecule has 0 aromatic heterocycles. The summed E-state index contributed by atoms with van der Waals surface area (Å²) in [5.74, 6) is 3.21. The Morgan fingerprint density at radius 3 is 2.15 bits per heavy atom. The lowest BCUT2D eigenvalue weighted by atomic mass is 9.87. The van der Waals surface area contributed by atoms with Gasteiger partial charge in [0.25, 0.3) is 5.91 Å². The first kappa shape index (κ1) is 24.8. The molecule has 0 bridgehead atoms. The van der Waals surface area contributed by atoms with Gasteiger partial charge in [-0.1, -0.05) is 75.2 Å². The summed E-state index contributed by atoms with van der Waals surface area (Å²) in [5, 5.41) is 12.0. The molecule has 178 valence electrons. The molecule has 7 heteroatoms. The van der Waals surface area contributed by atoms with Crippen LogP contribution in [0.3, 0.4) is 0 Å². The first-order chi connectivity index (χ1) is 16.1. The van der Waals surface area contributed by atoms with E-state index >= 15 is 0 Å². The molecule has 1 aliphatic carbocycles. The molecule has 0 radical (unpaired) electrons. The van der Waals surface area contributed by atoms with Gasteiger partial charge in [-0.2, -0.15) is 0 Å². The first-order valence-electron chi connectivity index (χ1n) is 11.2. The van der Waals surface area contributed by atoms with Crippen molar-refractivity contribution in [1.29, 1.82) is 0 Å². The number of fused-ring (bicyclic) bond motifs is 3. The van der Waals surface area contributed by atoms with Crippen LogP contribution in [0.15, 0.2) is 48.5 Å². The summed E-state index contributed by atoms with van der Waals surface area (Å²) in [6.07, 6.45) is -0.335. The number of rotatable bonds is 6. The Labute approximate surface area is 200 Å². The van der Waals surface area contributed by atoms with E-state index in [-0.39, 0.29) is 24.5 Å². The van der Waals surface area contributed by atoms with Crippen molar-refractivity contribution in [3.8, 4) is 23.0 Å². The Morgan fingerprint density at radius 1 is 1.06 bits per heavy atom. The Balaban J connectivity index is 1.52. The quantitative estimate of drug-likeness (QED) is 0.636. The van der Waals surface area contributed by atoms with Crippen molar-refractivity contribution in [1.82, 2.24) is 10.2 Å². The van der Waals surface area contributed by atoms with Crippen LogP contribution in [0.5, 0.6) is 0 Å². The second kappa shape index (κ2) is 10.4. The summed E-state index contributed by atoms with van der Waals surface area (Å²) in [4.78, 5) is 37.2. The molecule has 2 N–H and O–H groups in total. The molecule has 2 aromatic rings. The van der Waals surface area contributed by atoms with E-state index in [0.29, 0.717) is 6.42 Å². The molecule has 0 fully saturated rings. The molecule has 1 aliphatic rings. The zero-order valence-electron chi connectivity index (χ0n) is 19.9. The predicted molar refractivity (Wildman–Crippen MR) is 129 cm³/mol. The topological polar surface area (TPSA) is 95.9 Å². The van der Waals surface area contributed by atoms with E-state index in [1.54, 1.807) is 0 Å². The molecule has 3 rings (SSSR count). The zero-order valence-corrected chi connectivity index (χ0v) is 19.9. The minimum Gasteiger partial charge on any atom is -0.480 e. The number of nitrogens with one attached hydrogen (secondary N) is 1. The van der Waals surface area contributed by atoms with E-state index in [1.165, 1.54) is 7.05 Å². The highest BCUT2D eigenvalue weighted by Crippen LogP contribution is 2.44. The third kappa shape index (κ3) is 5.96. The Kier molecular flexibility index (Phi) is 7.62. The molecular weight excluding hydrogens is 432 g/mol.